The van der Waals surface area contributed by atoms with E-state index in [1.807, 2.05) is 6.92 Å². The van der Waals surface area contributed by atoms with Crippen LogP contribution in [-0.2, 0) is 9.92 Å². The first-order valence-electron chi connectivity index (χ1n) is 4.76. The van der Waals surface area contributed by atoms with Gasteiger partial charge in [0.25, 0.3) is 0 Å². The van der Waals surface area contributed by atoms with E-state index < -0.39 is 9.92 Å². The maximum atomic E-state index is 12.5. The number of nitrogens with zero attached hydrogens (tertiary/aromatic N) is 2. The lowest BCUT2D eigenvalue weighted by Crippen LogP contribution is -2.26. The van der Waals surface area contributed by atoms with Crippen LogP contribution >= 0.6 is 0 Å². The van der Waals surface area contributed by atoms with Crippen molar-refractivity contribution < 1.29 is 4.21 Å². The fraction of sp³-hybridized carbons (Fsp3) is 0.400. The van der Waals surface area contributed by atoms with Gasteiger partial charge in [0, 0.05) is 26.3 Å². The molecule has 1 aromatic carbocycles. The Labute approximate surface area is 91.4 Å². The van der Waals surface area contributed by atoms with E-state index in [1.54, 1.807) is 42.7 Å². The van der Waals surface area contributed by atoms with E-state index in [-0.39, 0.29) is 0 Å². The number of nitrogen functional groups attached to an aromatic ring is 1. The molecule has 0 aliphatic rings. The zero-order chi connectivity index (χ0) is 11.5. The van der Waals surface area contributed by atoms with Crippen molar-refractivity contribution in [3.8, 4) is 0 Å². The summed E-state index contributed by atoms with van der Waals surface area (Å²) in [5.74, 6) is 0. The van der Waals surface area contributed by atoms with E-state index in [0.29, 0.717) is 17.1 Å². The SMILES string of the molecule is CCN(C)S(=O)(=NC)c1cccc(N)c1. The summed E-state index contributed by atoms with van der Waals surface area (Å²) in [6.45, 7) is 2.61. The Morgan fingerprint density at radius 1 is 1.53 bits per heavy atom. The van der Waals surface area contributed by atoms with E-state index in [0.717, 1.165) is 0 Å². The van der Waals surface area contributed by atoms with Crippen molar-refractivity contribution in [3.05, 3.63) is 24.3 Å². The van der Waals surface area contributed by atoms with Gasteiger partial charge < -0.3 is 5.73 Å². The van der Waals surface area contributed by atoms with Gasteiger partial charge in [-0.2, -0.15) is 0 Å². The number of anilines is 1. The largest absolute Gasteiger partial charge is 0.399 e. The molecular weight excluding hydrogens is 210 g/mol. The summed E-state index contributed by atoms with van der Waals surface area (Å²) in [5, 5.41) is 0. The van der Waals surface area contributed by atoms with Gasteiger partial charge in [0.2, 0.25) is 0 Å². The van der Waals surface area contributed by atoms with E-state index in [2.05, 4.69) is 4.36 Å². The summed E-state index contributed by atoms with van der Waals surface area (Å²) in [5.41, 5.74) is 6.27. The zero-order valence-corrected chi connectivity index (χ0v) is 10.1. The van der Waals surface area contributed by atoms with Crippen LogP contribution in [0, 0.1) is 0 Å². The third-order valence-corrected chi connectivity index (χ3v) is 4.75. The van der Waals surface area contributed by atoms with Crippen molar-refractivity contribution in [2.45, 2.75) is 11.8 Å². The van der Waals surface area contributed by atoms with Crippen LogP contribution in [-0.4, -0.2) is 29.2 Å². The Morgan fingerprint density at radius 2 is 2.20 bits per heavy atom. The van der Waals surface area contributed by atoms with Crippen LogP contribution in [0.1, 0.15) is 6.92 Å². The molecule has 0 aromatic heterocycles. The van der Waals surface area contributed by atoms with Crippen LogP contribution in [0.3, 0.4) is 0 Å². The van der Waals surface area contributed by atoms with Crippen LogP contribution in [0.15, 0.2) is 33.5 Å². The van der Waals surface area contributed by atoms with E-state index in [1.165, 1.54) is 0 Å². The maximum Gasteiger partial charge on any atom is 0.139 e. The molecule has 2 N–H and O–H groups in total. The lowest BCUT2D eigenvalue weighted by atomic mass is 10.3. The lowest BCUT2D eigenvalue weighted by molar-refractivity contribution is 0.538. The smallest absolute Gasteiger partial charge is 0.139 e. The second kappa shape index (κ2) is 4.63. The second-order valence-corrected chi connectivity index (χ2v) is 5.65. The fourth-order valence-electron chi connectivity index (χ4n) is 1.28. The van der Waals surface area contributed by atoms with Gasteiger partial charge in [-0.3, -0.25) is 0 Å². The van der Waals surface area contributed by atoms with Gasteiger partial charge in [-0.05, 0) is 18.2 Å². The molecule has 0 spiro atoms. The normalized spacial score (nSPS) is 14.9. The molecule has 4 nitrogen and oxygen atoms in total. The van der Waals surface area contributed by atoms with Crippen LogP contribution in [0.4, 0.5) is 5.69 Å². The number of nitrogens with two attached hydrogens (primary N) is 1. The van der Waals surface area contributed by atoms with E-state index in [4.69, 9.17) is 5.73 Å². The molecule has 15 heavy (non-hydrogen) atoms. The molecule has 0 fully saturated rings. The first-order chi connectivity index (χ1) is 7.04. The lowest BCUT2D eigenvalue weighted by Gasteiger charge is -2.19. The van der Waals surface area contributed by atoms with Crippen LogP contribution in [0.5, 0.6) is 0 Å². The molecule has 0 radical (unpaired) electrons. The molecule has 0 saturated heterocycles. The Kier molecular flexibility index (Phi) is 3.71. The number of hydrogen-bond donors (Lipinski definition) is 1. The molecule has 0 saturated carbocycles. The predicted octanol–water partition coefficient (Wildman–Crippen LogP) is 1.59. The molecule has 84 valence electrons. The van der Waals surface area contributed by atoms with Gasteiger partial charge in [-0.1, -0.05) is 13.0 Å². The van der Waals surface area contributed by atoms with Crippen LogP contribution in [0.2, 0.25) is 0 Å². The predicted molar refractivity (Wildman–Crippen MR) is 63.9 cm³/mol. The van der Waals surface area contributed by atoms with Crippen molar-refractivity contribution in [1.82, 2.24) is 4.31 Å². The van der Waals surface area contributed by atoms with Gasteiger partial charge in [-0.15, -0.1) is 0 Å². The summed E-state index contributed by atoms with van der Waals surface area (Å²) in [6.07, 6.45) is 0. The monoisotopic (exact) mass is 227 g/mol. The first kappa shape index (κ1) is 12.0. The molecule has 0 amide bonds. The van der Waals surface area contributed by atoms with Crippen LogP contribution in [0.25, 0.3) is 0 Å². The fourth-order valence-corrected chi connectivity index (χ4v) is 3.02. The summed E-state index contributed by atoms with van der Waals surface area (Å²) in [6, 6.07) is 7.06. The average Bonchev–Trinajstić information content (AvgIpc) is 2.26. The summed E-state index contributed by atoms with van der Waals surface area (Å²) < 4.78 is 18.3. The average molecular weight is 227 g/mol. The summed E-state index contributed by atoms with van der Waals surface area (Å²) >= 11 is 0. The third kappa shape index (κ3) is 2.30. The highest BCUT2D eigenvalue weighted by Crippen LogP contribution is 2.18. The van der Waals surface area contributed by atoms with Crippen molar-refractivity contribution in [3.63, 3.8) is 0 Å². The number of benzene rings is 1. The molecule has 0 heterocycles. The minimum atomic E-state index is -2.48. The van der Waals surface area contributed by atoms with Crippen molar-refractivity contribution in [2.24, 2.45) is 4.36 Å². The van der Waals surface area contributed by atoms with Crippen LogP contribution < -0.4 is 5.73 Å². The molecule has 0 aliphatic carbocycles. The van der Waals surface area contributed by atoms with Gasteiger partial charge in [0.15, 0.2) is 0 Å². The molecule has 1 aromatic rings. The topological polar surface area (TPSA) is 58.7 Å². The highest BCUT2D eigenvalue weighted by atomic mass is 32.2. The molecule has 1 unspecified atom stereocenters. The number of rotatable bonds is 3. The minimum absolute atomic E-state index is 0.605. The molecular formula is C10H17N3OS. The van der Waals surface area contributed by atoms with Gasteiger partial charge in [0.1, 0.15) is 9.92 Å². The Bertz CT molecular complexity index is 450. The Hall–Kier alpha value is -1.07. The second-order valence-electron chi connectivity index (χ2n) is 3.20. The van der Waals surface area contributed by atoms with Gasteiger partial charge in [0.05, 0.1) is 4.90 Å². The highest BCUT2D eigenvalue weighted by molar-refractivity contribution is 7.91. The Morgan fingerprint density at radius 3 is 2.67 bits per heavy atom. The molecule has 0 bridgehead atoms. The van der Waals surface area contributed by atoms with Crippen molar-refractivity contribution >= 4 is 15.6 Å². The molecule has 1 atom stereocenters. The van der Waals surface area contributed by atoms with Gasteiger partial charge in [-0.25, -0.2) is 12.9 Å². The first-order valence-corrected chi connectivity index (χ1v) is 6.24. The van der Waals surface area contributed by atoms with Crippen molar-refractivity contribution in [2.75, 3.05) is 26.4 Å². The molecule has 5 heteroatoms. The van der Waals surface area contributed by atoms with E-state index >= 15 is 0 Å². The molecule has 0 aliphatic heterocycles. The van der Waals surface area contributed by atoms with E-state index in [9.17, 15) is 4.21 Å². The third-order valence-electron chi connectivity index (χ3n) is 2.28. The maximum absolute atomic E-state index is 12.5. The standard InChI is InChI=1S/C10H17N3OS/c1-4-13(3)15(14,12-2)10-7-5-6-9(11)8-10/h5-8H,4,11H2,1-3H3. The molecule has 1 rings (SSSR count). The summed E-state index contributed by atoms with van der Waals surface area (Å²) in [4.78, 5) is 0.661. The quantitative estimate of drug-likeness (QED) is 0.797. The zero-order valence-electron chi connectivity index (χ0n) is 9.30. The number of hydrogen-bond acceptors (Lipinski definition) is 3. The van der Waals surface area contributed by atoms with Crippen molar-refractivity contribution in [1.29, 1.82) is 0 Å². The Balaban J connectivity index is 3.31. The summed E-state index contributed by atoms with van der Waals surface area (Å²) in [7, 11) is 0.879. The minimum Gasteiger partial charge on any atom is -0.399 e. The highest BCUT2D eigenvalue weighted by Gasteiger charge is 2.16. The van der Waals surface area contributed by atoms with Gasteiger partial charge >= 0.3 is 0 Å².